The van der Waals surface area contributed by atoms with Crippen molar-refractivity contribution in [2.24, 2.45) is 0 Å². The summed E-state index contributed by atoms with van der Waals surface area (Å²) < 4.78 is 12.4. The van der Waals surface area contributed by atoms with E-state index in [1.54, 1.807) is 43.3 Å². The first kappa shape index (κ1) is 14.9. The number of carbonyl (C=O) groups excluding carboxylic acids is 1. The van der Waals surface area contributed by atoms with Crippen LogP contribution in [0.3, 0.4) is 0 Å². The zero-order valence-corrected chi connectivity index (χ0v) is 12.9. The first-order valence-corrected chi connectivity index (χ1v) is 7.85. The molecule has 0 aliphatic rings. The number of halogens is 1. The molecule has 4 heteroatoms. The zero-order valence-electron chi connectivity index (χ0n) is 11.3. The van der Waals surface area contributed by atoms with Gasteiger partial charge in [0, 0.05) is 15.5 Å². The Morgan fingerprint density at radius 1 is 1.05 bits per heavy atom. The number of rotatable bonds is 4. The second-order valence-electron chi connectivity index (χ2n) is 4.62. The third-order valence-corrected chi connectivity index (χ3v) is 4.92. The fraction of sp³-hybridized carbons (Fsp3) is 0.188. The first-order chi connectivity index (χ1) is 9.49. The van der Waals surface area contributed by atoms with E-state index in [4.69, 9.17) is 11.6 Å². The molecule has 0 saturated heterocycles. The van der Waals surface area contributed by atoms with Gasteiger partial charge in [-0.05, 0) is 38.1 Å². The summed E-state index contributed by atoms with van der Waals surface area (Å²) in [5.74, 6) is -0.113. The summed E-state index contributed by atoms with van der Waals surface area (Å²) in [6.45, 7) is 3.65. The molecule has 2 unspecified atom stereocenters. The van der Waals surface area contributed by atoms with Crippen molar-refractivity contribution in [1.82, 2.24) is 0 Å². The molecular formula is C16H15ClO2S. The Bertz CT molecular complexity index is 575. The van der Waals surface area contributed by atoms with E-state index in [2.05, 4.69) is 0 Å². The third-order valence-electron chi connectivity index (χ3n) is 3.07. The molecule has 104 valence electrons. The van der Waals surface area contributed by atoms with Crippen molar-refractivity contribution in [2.45, 2.75) is 24.0 Å². The molecule has 0 spiro atoms. The number of hydrogen-bond donors (Lipinski definition) is 0. The second-order valence-corrected chi connectivity index (χ2v) is 6.83. The normalized spacial score (nSPS) is 13.8. The molecule has 2 aromatic carbocycles. The minimum absolute atomic E-state index is 0.113. The highest BCUT2D eigenvalue weighted by molar-refractivity contribution is 7.86. The van der Waals surface area contributed by atoms with Gasteiger partial charge in [-0.2, -0.15) is 0 Å². The van der Waals surface area contributed by atoms with E-state index in [9.17, 15) is 9.00 Å². The van der Waals surface area contributed by atoms with Gasteiger partial charge in [-0.25, -0.2) is 0 Å². The van der Waals surface area contributed by atoms with Crippen molar-refractivity contribution in [3.63, 3.8) is 0 Å². The Kier molecular flexibility index (Phi) is 4.73. The largest absolute Gasteiger partial charge is 0.293 e. The highest BCUT2D eigenvalue weighted by atomic mass is 35.5. The van der Waals surface area contributed by atoms with Crippen LogP contribution in [0.5, 0.6) is 0 Å². The van der Waals surface area contributed by atoms with Crippen molar-refractivity contribution in [3.05, 3.63) is 64.7 Å². The Balaban J connectivity index is 2.20. The van der Waals surface area contributed by atoms with Crippen molar-refractivity contribution >= 4 is 28.2 Å². The van der Waals surface area contributed by atoms with E-state index < -0.39 is 16.0 Å². The van der Waals surface area contributed by atoms with Crippen LogP contribution in [0.15, 0.2) is 53.4 Å². The SMILES string of the molecule is Cc1ccc(C(=O)C(C)S(=O)c2ccc(Cl)cc2)cc1. The lowest BCUT2D eigenvalue weighted by Crippen LogP contribution is -2.22. The van der Waals surface area contributed by atoms with Crippen LogP contribution in [-0.2, 0) is 10.8 Å². The Morgan fingerprint density at radius 3 is 2.15 bits per heavy atom. The van der Waals surface area contributed by atoms with Gasteiger partial charge in [0.25, 0.3) is 0 Å². The number of hydrogen-bond acceptors (Lipinski definition) is 2. The van der Waals surface area contributed by atoms with Crippen LogP contribution in [-0.4, -0.2) is 15.2 Å². The minimum atomic E-state index is -1.38. The smallest absolute Gasteiger partial charge is 0.178 e. The molecule has 0 aromatic heterocycles. The predicted octanol–water partition coefficient (Wildman–Crippen LogP) is 4.03. The van der Waals surface area contributed by atoms with Crippen molar-refractivity contribution < 1.29 is 9.00 Å². The molecule has 0 aliphatic heterocycles. The highest BCUT2D eigenvalue weighted by Crippen LogP contribution is 2.18. The maximum absolute atomic E-state index is 12.4. The zero-order chi connectivity index (χ0) is 14.7. The van der Waals surface area contributed by atoms with E-state index >= 15 is 0 Å². The Labute approximate surface area is 126 Å². The first-order valence-electron chi connectivity index (χ1n) is 6.26. The summed E-state index contributed by atoms with van der Waals surface area (Å²) in [6.07, 6.45) is 0. The van der Waals surface area contributed by atoms with E-state index in [0.717, 1.165) is 5.56 Å². The number of Topliss-reactive ketones (excluding diaryl/α,β-unsaturated/α-hetero) is 1. The van der Waals surface area contributed by atoms with Crippen LogP contribution in [0, 0.1) is 6.92 Å². The Morgan fingerprint density at radius 2 is 1.60 bits per heavy atom. The van der Waals surface area contributed by atoms with Crippen LogP contribution >= 0.6 is 11.6 Å². The molecule has 0 radical (unpaired) electrons. The van der Waals surface area contributed by atoms with Gasteiger partial charge in [0.2, 0.25) is 0 Å². The van der Waals surface area contributed by atoms with Crippen LogP contribution in [0.1, 0.15) is 22.8 Å². The van der Waals surface area contributed by atoms with Gasteiger partial charge in [0.1, 0.15) is 0 Å². The molecular weight excluding hydrogens is 292 g/mol. The Hall–Kier alpha value is -1.45. The number of aryl methyl sites for hydroxylation is 1. The second kappa shape index (κ2) is 6.33. The van der Waals surface area contributed by atoms with Crippen LogP contribution in [0.2, 0.25) is 5.02 Å². The summed E-state index contributed by atoms with van der Waals surface area (Å²) in [7, 11) is -1.38. The number of carbonyl (C=O) groups is 1. The average Bonchev–Trinajstić information content (AvgIpc) is 2.46. The van der Waals surface area contributed by atoms with Gasteiger partial charge < -0.3 is 0 Å². The van der Waals surface area contributed by atoms with Gasteiger partial charge in [0.05, 0.1) is 16.0 Å². The maximum Gasteiger partial charge on any atom is 0.178 e. The summed E-state index contributed by atoms with van der Waals surface area (Å²) in [4.78, 5) is 12.9. The number of ketones is 1. The topological polar surface area (TPSA) is 34.1 Å². The third kappa shape index (κ3) is 3.35. The monoisotopic (exact) mass is 306 g/mol. The van der Waals surface area contributed by atoms with Gasteiger partial charge in [-0.15, -0.1) is 0 Å². The van der Waals surface area contributed by atoms with Gasteiger partial charge in [0.15, 0.2) is 5.78 Å². The van der Waals surface area contributed by atoms with E-state index in [-0.39, 0.29) is 5.78 Å². The predicted molar refractivity (Wildman–Crippen MR) is 82.8 cm³/mol. The van der Waals surface area contributed by atoms with E-state index in [0.29, 0.717) is 15.5 Å². The van der Waals surface area contributed by atoms with Gasteiger partial charge in [-0.3, -0.25) is 9.00 Å². The van der Waals surface area contributed by atoms with Crippen molar-refractivity contribution in [2.75, 3.05) is 0 Å². The van der Waals surface area contributed by atoms with Crippen LogP contribution < -0.4 is 0 Å². The summed E-state index contributed by atoms with van der Waals surface area (Å²) in [5.41, 5.74) is 1.68. The van der Waals surface area contributed by atoms with E-state index in [1.807, 2.05) is 19.1 Å². The average molecular weight is 307 g/mol. The van der Waals surface area contributed by atoms with Gasteiger partial charge in [-0.1, -0.05) is 41.4 Å². The highest BCUT2D eigenvalue weighted by Gasteiger charge is 2.22. The standard InChI is InChI=1S/C16H15ClO2S/c1-11-3-5-13(6-4-11)16(18)12(2)20(19)15-9-7-14(17)8-10-15/h3-10,12H,1-2H3. The fourth-order valence-electron chi connectivity index (χ4n) is 1.82. The maximum atomic E-state index is 12.4. The molecule has 0 saturated carbocycles. The molecule has 20 heavy (non-hydrogen) atoms. The molecule has 0 fully saturated rings. The lowest BCUT2D eigenvalue weighted by Gasteiger charge is -2.11. The molecule has 0 heterocycles. The molecule has 2 aromatic rings. The van der Waals surface area contributed by atoms with Crippen LogP contribution in [0.25, 0.3) is 0 Å². The molecule has 0 amide bonds. The molecule has 0 N–H and O–H groups in total. The minimum Gasteiger partial charge on any atom is -0.293 e. The van der Waals surface area contributed by atoms with Crippen LogP contribution in [0.4, 0.5) is 0 Å². The lowest BCUT2D eigenvalue weighted by molar-refractivity contribution is 0.0992. The molecule has 2 rings (SSSR count). The quantitative estimate of drug-likeness (QED) is 0.799. The molecule has 2 atom stereocenters. The number of benzene rings is 2. The fourth-order valence-corrected chi connectivity index (χ4v) is 3.09. The lowest BCUT2D eigenvalue weighted by atomic mass is 10.1. The summed E-state index contributed by atoms with van der Waals surface area (Å²) in [6, 6.07) is 14.0. The molecule has 0 bridgehead atoms. The van der Waals surface area contributed by atoms with Crippen molar-refractivity contribution in [1.29, 1.82) is 0 Å². The molecule has 0 aliphatic carbocycles. The molecule has 2 nitrogen and oxygen atoms in total. The van der Waals surface area contributed by atoms with E-state index in [1.165, 1.54) is 0 Å². The van der Waals surface area contributed by atoms with Crippen molar-refractivity contribution in [3.8, 4) is 0 Å². The summed E-state index contributed by atoms with van der Waals surface area (Å²) >= 11 is 5.80. The summed E-state index contributed by atoms with van der Waals surface area (Å²) in [5, 5.41) is 0.00199. The van der Waals surface area contributed by atoms with Gasteiger partial charge >= 0.3 is 0 Å².